The highest BCUT2D eigenvalue weighted by Gasteiger charge is 2.48. The van der Waals surface area contributed by atoms with Gasteiger partial charge in [-0.1, -0.05) is 0 Å². The Labute approximate surface area is 122 Å². The lowest BCUT2D eigenvalue weighted by Crippen LogP contribution is -2.40. The Morgan fingerprint density at radius 1 is 1.29 bits per heavy atom. The van der Waals surface area contributed by atoms with Gasteiger partial charge in [0.05, 0.1) is 0 Å². The molecule has 1 saturated carbocycles. The standard InChI is InChI=1S/C16H18FNO3/c1-11(19)8-10-16(9-2-3-14(16)20)15(21)18-13-6-4-12(17)5-7-13/h4-7H,2-3,8-10H2,1H3,(H,18,21)/t16-/m1/s1. The summed E-state index contributed by atoms with van der Waals surface area (Å²) < 4.78 is 12.9. The molecular formula is C16H18FNO3. The van der Waals surface area contributed by atoms with Gasteiger partial charge in [0.15, 0.2) is 0 Å². The molecule has 0 spiro atoms. The van der Waals surface area contributed by atoms with Gasteiger partial charge in [0.25, 0.3) is 0 Å². The monoisotopic (exact) mass is 291 g/mol. The van der Waals surface area contributed by atoms with Crippen molar-refractivity contribution in [3.63, 3.8) is 0 Å². The molecule has 1 aromatic rings. The first-order chi connectivity index (χ1) is 9.94. The van der Waals surface area contributed by atoms with Crippen LogP contribution < -0.4 is 5.32 Å². The minimum atomic E-state index is -1.11. The molecule has 4 nitrogen and oxygen atoms in total. The number of amides is 1. The molecule has 0 saturated heterocycles. The Bertz CT molecular complexity index is 567. The summed E-state index contributed by atoms with van der Waals surface area (Å²) in [6.07, 6.45) is 1.95. The fourth-order valence-corrected chi connectivity index (χ4v) is 2.72. The molecule has 0 bridgehead atoms. The van der Waals surface area contributed by atoms with Crippen LogP contribution >= 0.6 is 0 Å². The van der Waals surface area contributed by atoms with Crippen LogP contribution in [0.1, 0.15) is 39.0 Å². The lowest BCUT2D eigenvalue weighted by molar-refractivity contribution is -0.137. The molecule has 112 valence electrons. The van der Waals surface area contributed by atoms with Gasteiger partial charge >= 0.3 is 0 Å². The summed E-state index contributed by atoms with van der Waals surface area (Å²) in [6.45, 7) is 1.45. The van der Waals surface area contributed by atoms with Crippen LogP contribution in [0.25, 0.3) is 0 Å². The Kier molecular flexibility index (Phi) is 4.50. The van der Waals surface area contributed by atoms with E-state index in [1.165, 1.54) is 31.2 Å². The van der Waals surface area contributed by atoms with Crippen molar-refractivity contribution in [2.45, 2.75) is 39.0 Å². The second-order valence-electron chi connectivity index (χ2n) is 5.52. The topological polar surface area (TPSA) is 63.2 Å². The van der Waals surface area contributed by atoms with Crippen LogP contribution in [0, 0.1) is 11.2 Å². The first kappa shape index (κ1) is 15.4. The fraction of sp³-hybridized carbons (Fsp3) is 0.438. The quantitative estimate of drug-likeness (QED) is 0.848. The van der Waals surface area contributed by atoms with Gasteiger partial charge in [0.2, 0.25) is 5.91 Å². The third-order valence-corrected chi connectivity index (χ3v) is 3.98. The van der Waals surface area contributed by atoms with Crippen LogP contribution in [0.3, 0.4) is 0 Å². The van der Waals surface area contributed by atoms with E-state index in [0.29, 0.717) is 24.9 Å². The third-order valence-electron chi connectivity index (χ3n) is 3.98. The predicted octanol–water partition coefficient (Wildman–Crippen LogP) is 2.87. The summed E-state index contributed by atoms with van der Waals surface area (Å²) in [7, 11) is 0. The average Bonchev–Trinajstić information content (AvgIpc) is 2.81. The molecule has 1 aliphatic rings. The van der Waals surface area contributed by atoms with E-state index in [-0.39, 0.29) is 24.4 Å². The number of hydrogen-bond acceptors (Lipinski definition) is 3. The van der Waals surface area contributed by atoms with E-state index in [4.69, 9.17) is 0 Å². The highest BCUT2D eigenvalue weighted by Crippen LogP contribution is 2.40. The Morgan fingerprint density at radius 2 is 1.95 bits per heavy atom. The van der Waals surface area contributed by atoms with Crippen LogP contribution in [0.2, 0.25) is 0 Å². The third kappa shape index (κ3) is 3.35. The van der Waals surface area contributed by atoms with Gasteiger partial charge in [-0.25, -0.2) is 4.39 Å². The SMILES string of the molecule is CC(=O)CC[C@]1(C(=O)Nc2ccc(F)cc2)CCCC1=O. The molecule has 1 aliphatic carbocycles. The lowest BCUT2D eigenvalue weighted by Gasteiger charge is -2.25. The van der Waals surface area contributed by atoms with Crippen molar-refractivity contribution in [2.24, 2.45) is 5.41 Å². The van der Waals surface area contributed by atoms with Gasteiger partial charge in [0, 0.05) is 18.5 Å². The molecule has 0 unspecified atom stereocenters. The Balaban J connectivity index is 2.16. The minimum Gasteiger partial charge on any atom is -0.325 e. The molecule has 2 rings (SSSR count). The zero-order valence-electron chi connectivity index (χ0n) is 11.9. The van der Waals surface area contributed by atoms with E-state index in [1.54, 1.807) is 0 Å². The summed E-state index contributed by atoms with van der Waals surface area (Å²) >= 11 is 0. The average molecular weight is 291 g/mol. The number of rotatable bonds is 5. The minimum absolute atomic E-state index is 0.0383. The number of Topliss-reactive ketones (excluding diaryl/α,β-unsaturated/α-hetero) is 2. The summed E-state index contributed by atoms with van der Waals surface area (Å²) in [5, 5.41) is 2.67. The van der Waals surface area contributed by atoms with E-state index < -0.39 is 17.1 Å². The molecule has 1 N–H and O–H groups in total. The summed E-state index contributed by atoms with van der Waals surface area (Å²) in [4.78, 5) is 35.9. The van der Waals surface area contributed by atoms with Crippen LogP contribution in [0.4, 0.5) is 10.1 Å². The van der Waals surface area contributed by atoms with E-state index in [9.17, 15) is 18.8 Å². The molecule has 0 aliphatic heterocycles. The van der Waals surface area contributed by atoms with Crippen LogP contribution in [-0.4, -0.2) is 17.5 Å². The second-order valence-corrected chi connectivity index (χ2v) is 5.52. The van der Waals surface area contributed by atoms with Crippen molar-refractivity contribution in [3.05, 3.63) is 30.1 Å². The van der Waals surface area contributed by atoms with Crippen molar-refractivity contribution in [1.29, 1.82) is 0 Å². The summed E-state index contributed by atoms with van der Waals surface area (Å²) in [6, 6.07) is 5.39. The molecule has 21 heavy (non-hydrogen) atoms. The maximum Gasteiger partial charge on any atom is 0.238 e. The number of carbonyl (C=O) groups excluding carboxylic acids is 3. The van der Waals surface area contributed by atoms with Gasteiger partial charge in [-0.2, -0.15) is 0 Å². The molecular weight excluding hydrogens is 273 g/mol. The lowest BCUT2D eigenvalue weighted by atomic mass is 9.79. The van der Waals surface area contributed by atoms with Crippen molar-refractivity contribution < 1.29 is 18.8 Å². The number of halogens is 1. The molecule has 1 amide bonds. The van der Waals surface area contributed by atoms with Gasteiger partial charge in [-0.3, -0.25) is 9.59 Å². The highest BCUT2D eigenvalue weighted by atomic mass is 19.1. The maximum atomic E-state index is 12.9. The second kappa shape index (κ2) is 6.16. The van der Waals surface area contributed by atoms with Crippen molar-refractivity contribution in [1.82, 2.24) is 0 Å². The largest absolute Gasteiger partial charge is 0.325 e. The normalized spacial score (nSPS) is 21.3. The number of hydrogen-bond donors (Lipinski definition) is 1. The predicted molar refractivity (Wildman–Crippen MR) is 76.2 cm³/mol. The molecule has 5 heteroatoms. The van der Waals surface area contributed by atoms with E-state index in [1.807, 2.05) is 0 Å². The van der Waals surface area contributed by atoms with Crippen molar-refractivity contribution in [3.8, 4) is 0 Å². The molecule has 1 aromatic carbocycles. The van der Waals surface area contributed by atoms with Crippen LogP contribution in [-0.2, 0) is 14.4 Å². The van der Waals surface area contributed by atoms with Gasteiger partial charge in [-0.15, -0.1) is 0 Å². The number of anilines is 1. The van der Waals surface area contributed by atoms with Crippen molar-refractivity contribution in [2.75, 3.05) is 5.32 Å². The van der Waals surface area contributed by atoms with E-state index >= 15 is 0 Å². The van der Waals surface area contributed by atoms with Gasteiger partial charge < -0.3 is 10.1 Å². The molecule has 0 radical (unpaired) electrons. The van der Waals surface area contributed by atoms with E-state index in [0.717, 1.165) is 0 Å². The number of nitrogens with one attached hydrogen (secondary N) is 1. The summed E-state index contributed by atoms with van der Waals surface area (Å²) in [5.74, 6) is -0.930. The Morgan fingerprint density at radius 3 is 2.48 bits per heavy atom. The zero-order valence-corrected chi connectivity index (χ0v) is 11.9. The first-order valence-electron chi connectivity index (χ1n) is 7.04. The fourth-order valence-electron chi connectivity index (χ4n) is 2.72. The first-order valence-corrected chi connectivity index (χ1v) is 7.04. The van der Waals surface area contributed by atoms with Crippen molar-refractivity contribution >= 4 is 23.2 Å². The van der Waals surface area contributed by atoms with Gasteiger partial charge in [-0.05, 0) is 50.5 Å². The molecule has 0 heterocycles. The molecule has 1 fully saturated rings. The molecule has 1 atom stereocenters. The van der Waals surface area contributed by atoms with Crippen LogP contribution in [0.5, 0.6) is 0 Å². The highest BCUT2D eigenvalue weighted by molar-refractivity contribution is 6.12. The Hall–Kier alpha value is -2.04. The van der Waals surface area contributed by atoms with Gasteiger partial charge in [0.1, 0.15) is 22.8 Å². The van der Waals surface area contributed by atoms with Crippen LogP contribution in [0.15, 0.2) is 24.3 Å². The number of benzene rings is 1. The molecule has 0 aromatic heterocycles. The smallest absolute Gasteiger partial charge is 0.238 e. The zero-order chi connectivity index (χ0) is 15.5. The maximum absolute atomic E-state index is 12.9. The van der Waals surface area contributed by atoms with E-state index in [2.05, 4.69) is 5.32 Å². The number of carbonyl (C=O) groups is 3. The number of ketones is 2. The summed E-state index contributed by atoms with van der Waals surface area (Å²) in [5.41, 5.74) is -0.664.